The van der Waals surface area contributed by atoms with Crippen molar-refractivity contribution in [1.29, 1.82) is 0 Å². The summed E-state index contributed by atoms with van der Waals surface area (Å²) in [5.74, 6) is 1.82. The molecule has 104 valence electrons. The zero-order valence-corrected chi connectivity index (χ0v) is 11.9. The van der Waals surface area contributed by atoms with Crippen molar-refractivity contribution >= 4 is 12.4 Å². The number of rotatable bonds is 6. The molecular formula is C14H24ClNO2. The van der Waals surface area contributed by atoms with Crippen LogP contribution in [0.25, 0.3) is 0 Å². The Balaban J connectivity index is 0.00000162. The van der Waals surface area contributed by atoms with Crippen molar-refractivity contribution in [1.82, 2.24) is 5.32 Å². The smallest absolute Gasteiger partial charge is 0.132 e. The van der Waals surface area contributed by atoms with Crippen molar-refractivity contribution in [2.45, 2.75) is 38.7 Å². The molecule has 0 radical (unpaired) electrons. The molecule has 18 heavy (non-hydrogen) atoms. The fourth-order valence-corrected chi connectivity index (χ4v) is 2.41. The summed E-state index contributed by atoms with van der Waals surface area (Å²) in [6.45, 7) is 5.26. The summed E-state index contributed by atoms with van der Waals surface area (Å²) in [6.07, 6.45) is 6.89. The Morgan fingerprint density at radius 1 is 1.44 bits per heavy atom. The molecule has 1 aliphatic heterocycles. The number of furan rings is 1. The third kappa shape index (κ3) is 5.01. The van der Waals surface area contributed by atoms with Crippen LogP contribution in [0, 0.1) is 5.92 Å². The van der Waals surface area contributed by atoms with E-state index in [0.29, 0.717) is 0 Å². The van der Waals surface area contributed by atoms with E-state index < -0.39 is 0 Å². The second kappa shape index (κ2) is 8.57. The average Bonchev–Trinajstić information content (AvgIpc) is 2.89. The molecule has 1 aromatic heterocycles. The van der Waals surface area contributed by atoms with Crippen LogP contribution in [0.1, 0.15) is 44.5 Å². The van der Waals surface area contributed by atoms with E-state index >= 15 is 0 Å². The van der Waals surface area contributed by atoms with Crippen molar-refractivity contribution in [2.24, 2.45) is 5.92 Å². The molecule has 4 heteroatoms. The van der Waals surface area contributed by atoms with Gasteiger partial charge in [0.15, 0.2) is 0 Å². The second-order valence-corrected chi connectivity index (χ2v) is 4.86. The maximum absolute atomic E-state index is 5.77. The van der Waals surface area contributed by atoms with Crippen LogP contribution in [-0.4, -0.2) is 19.7 Å². The van der Waals surface area contributed by atoms with Gasteiger partial charge in [-0.3, -0.25) is 0 Å². The Hall–Kier alpha value is -0.510. The first kappa shape index (κ1) is 15.5. The van der Waals surface area contributed by atoms with E-state index in [9.17, 15) is 0 Å². The highest BCUT2D eigenvalue weighted by atomic mass is 35.5. The summed E-state index contributed by atoms with van der Waals surface area (Å²) in [6, 6.07) is 3.88. The van der Waals surface area contributed by atoms with Gasteiger partial charge in [0.1, 0.15) is 11.9 Å². The van der Waals surface area contributed by atoms with Gasteiger partial charge in [0, 0.05) is 6.61 Å². The monoisotopic (exact) mass is 273 g/mol. The number of piperidine rings is 1. The first-order chi connectivity index (χ1) is 8.36. The SMILES string of the molecule is CC(OCCCC1CCNCC1)c1ccco1.Cl. The van der Waals surface area contributed by atoms with E-state index in [1.54, 1.807) is 6.26 Å². The van der Waals surface area contributed by atoms with Crippen LogP contribution in [0.15, 0.2) is 22.8 Å². The van der Waals surface area contributed by atoms with Crippen LogP contribution in [0.3, 0.4) is 0 Å². The van der Waals surface area contributed by atoms with Crippen molar-refractivity contribution < 1.29 is 9.15 Å². The lowest BCUT2D eigenvalue weighted by Crippen LogP contribution is -2.27. The Bertz CT molecular complexity index is 297. The van der Waals surface area contributed by atoms with Gasteiger partial charge in [-0.05, 0) is 63.7 Å². The van der Waals surface area contributed by atoms with Gasteiger partial charge in [0.25, 0.3) is 0 Å². The van der Waals surface area contributed by atoms with Gasteiger partial charge in [-0.1, -0.05) is 0 Å². The lowest BCUT2D eigenvalue weighted by molar-refractivity contribution is 0.0458. The molecule has 3 nitrogen and oxygen atoms in total. The molecule has 0 aliphatic carbocycles. The first-order valence-corrected chi connectivity index (χ1v) is 6.72. The second-order valence-electron chi connectivity index (χ2n) is 4.86. The maximum Gasteiger partial charge on any atom is 0.132 e. The number of halogens is 1. The molecule has 0 spiro atoms. The number of hydrogen-bond acceptors (Lipinski definition) is 3. The minimum Gasteiger partial charge on any atom is -0.467 e. The number of ether oxygens (including phenoxy) is 1. The van der Waals surface area contributed by atoms with E-state index in [0.717, 1.165) is 24.7 Å². The van der Waals surface area contributed by atoms with Gasteiger partial charge in [-0.2, -0.15) is 0 Å². The van der Waals surface area contributed by atoms with Crippen molar-refractivity contribution in [2.75, 3.05) is 19.7 Å². The lowest BCUT2D eigenvalue weighted by atomic mass is 9.93. The standard InChI is InChI=1S/C14H23NO2.ClH/c1-12(14-5-3-11-17-14)16-10-2-4-13-6-8-15-9-7-13;/h3,5,11-13,15H,2,4,6-10H2,1H3;1H. The normalized spacial score (nSPS) is 18.3. The van der Waals surface area contributed by atoms with Crippen molar-refractivity contribution in [3.8, 4) is 0 Å². The topological polar surface area (TPSA) is 34.4 Å². The summed E-state index contributed by atoms with van der Waals surface area (Å²) >= 11 is 0. The van der Waals surface area contributed by atoms with E-state index in [4.69, 9.17) is 9.15 Å². The van der Waals surface area contributed by atoms with Gasteiger partial charge in [-0.15, -0.1) is 12.4 Å². The number of nitrogens with one attached hydrogen (secondary N) is 1. The molecule has 1 saturated heterocycles. The number of hydrogen-bond donors (Lipinski definition) is 1. The largest absolute Gasteiger partial charge is 0.467 e. The van der Waals surface area contributed by atoms with Crippen LogP contribution >= 0.6 is 12.4 Å². The predicted molar refractivity (Wildman–Crippen MR) is 75.2 cm³/mol. The lowest BCUT2D eigenvalue weighted by Gasteiger charge is -2.22. The zero-order valence-electron chi connectivity index (χ0n) is 11.1. The molecule has 1 atom stereocenters. The summed E-state index contributed by atoms with van der Waals surface area (Å²) in [5, 5.41) is 3.40. The quantitative estimate of drug-likeness (QED) is 0.805. The van der Waals surface area contributed by atoms with Gasteiger partial charge in [0.05, 0.1) is 6.26 Å². The molecular weight excluding hydrogens is 250 g/mol. The summed E-state index contributed by atoms with van der Waals surface area (Å²) in [7, 11) is 0. The average molecular weight is 274 g/mol. The minimum absolute atomic E-state index is 0. The van der Waals surface area contributed by atoms with Gasteiger partial charge < -0.3 is 14.5 Å². The Labute approximate surface area is 116 Å². The molecule has 2 rings (SSSR count). The molecule has 1 fully saturated rings. The molecule has 2 heterocycles. The first-order valence-electron chi connectivity index (χ1n) is 6.72. The van der Waals surface area contributed by atoms with Gasteiger partial charge in [-0.25, -0.2) is 0 Å². The molecule has 0 bridgehead atoms. The van der Waals surface area contributed by atoms with E-state index in [2.05, 4.69) is 5.32 Å². The Kier molecular flexibility index (Phi) is 7.40. The minimum atomic E-state index is 0. The van der Waals surface area contributed by atoms with Crippen molar-refractivity contribution in [3.05, 3.63) is 24.2 Å². The predicted octanol–water partition coefficient (Wildman–Crippen LogP) is 3.56. The third-order valence-electron chi connectivity index (χ3n) is 3.53. The Morgan fingerprint density at radius 3 is 2.89 bits per heavy atom. The highest BCUT2D eigenvalue weighted by Crippen LogP contribution is 2.20. The summed E-state index contributed by atoms with van der Waals surface area (Å²) in [4.78, 5) is 0. The van der Waals surface area contributed by atoms with Crippen LogP contribution in [-0.2, 0) is 4.74 Å². The fraction of sp³-hybridized carbons (Fsp3) is 0.714. The molecule has 0 aromatic carbocycles. The van der Waals surface area contributed by atoms with Crippen LogP contribution in [0.5, 0.6) is 0 Å². The molecule has 0 saturated carbocycles. The molecule has 1 aliphatic rings. The van der Waals surface area contributed by atoms with Gasteiger partial charge in [0.2, 0.25) is 0 Å². The van der Waals surface area contributed by atoms with Crippen LogP contribution in [0.4, 0.5) is 0 Å². The highest BCUT2D eigenvalue weighted by Gasteiger charge is 2.13. The highest BCUT2D eigenvalue weighted by molar-refractivity contribution is 5.85. The van der Waals surface area contributed by atoms with E-state index in [1.807, 2.05) is 19.1 Å². The fourth-order valence-electron chi connectivity index (χ4n) is 2.41. The molecule has 1 N–H and O–H groups in total. The van der Waals surface area contributed by atoms with E-state index in [-0.39, 0.29) is 18.5 Å². The van der Waals surface area contributed by atoms with Gasteiger partial charge >= 0.3 is 0 Å². The summed E-state index contributed by atoms with van der Waals surface area (Å²) in [5.41, 5.74) is 0. The Morgan fingerprint density at radius 2 is 2.22 bits per heavy atom. The molecule has 1 aromatic rings. The zero-order chi connectivity index (χ0) is 11.9. The molecule has 1 unspecified atom stereocenters. The third-order valence-corrected chi connectivity index (χ3v) is 3.53. The van der Waals surface area contributed by atoms with E-state index in [1.165, 1.54) is 32.4 Å². The maximum atomic E-state index is 5.77. The van der Waals surface area contributed by atoms with Crippen LogP contribution in [0.2, 0.25) is 0 Å². The van der Waals surface area contributed by atoms with Crippen molar-refractivity contribution in [3.63, 3.8) is 0 Å². The molecule has 0 amide bonds. The summed E-state index contributed by atoms with van der Waals surface area (Å²) < 4.78 is 11.1. The van der Waals surface area contributed by atoms with Crippen LogP contribution < -0.4 is 5.32 Å².